The number of hydrogen-bond acceptors (Lipinski definition) is 6. The number of hydrogen-bond donors (Lipinski definition) is 0. The van der Waals surface area contributed by atoms with E-state index in [-0.39, 0.29) is 23.0 Å². The van der Waals surface area contributed by atoms with E-state index in [2.05, 4.69) is 33.9 Å². The van der Waals surface area contributed by atoms with Crippen LogP contribution in [0.15, 0.2) is 33.4 Å². The Morgan fingerprint density at radius 1 is 1.21 bits per heavy atom. The van der Waals surface area contributed by atoms with Crippen LogP contribution in [-0.2, 0) is 30.1 Å². The van der Waals surface area contributed by atoms with Gasteiger partial charge in [0.05, 0.1) is 16.3 Å². The number of ketones is 1. The molecule has 0 unspecified atom stereocenters. The first kappa shape index (κ1) is 22.5. The summed E-state index contributed by atoms with van der Waals surface area (Å²) < 4.78 is 23.1. The number of Topliss-reactive ketones (excluding diaryl/α,β-unsaturated/α-hetero) is 1. The smallest absolute Gasteiger partial charge is 0.338 e. The number of fused-ring (bicyclic) bond motifs is 1. The Morgan fingerprint density at radius 2 is 1.83 bits per heavy atom. The van der Waals surface area contributed by atoms with Crippen LogP contribution in [0.2, 0.25) is 18.1 Å². The highest BCUT2D eigenvalue weighted by molar-refractivity contribution is 14.1. The molecule has 1 aromatic rings. The van der Waals surface area contributed by atoms with Gasteiger partial charge in [0, 0.05) is 0 Å². The van der Waals surface area contributed by atoms with E-state index >= 15 is 0 Å². The van der Waals surface area contributed by atoms with Gasteiger partial charge in [-0.15, -0.1) is 0 Å². The molecular weight excluding hydrogens is 503 g/mol. The van der Waals surface area contributed by atoms with E-state index in [1.807, 2.05) is 46.9 Å². The molecule has 1 aromatic carbocycles. The van der Waals surface area contributed by atoms with Crippen molar-refractivity contribution < 1.29 is 28.2 Å². The standard InChI is InChI=1S/C21H27IO6Si/c1-21(2,3)29(5,6)28-17-14(15(22)16(23)18-19(17)27-18)20(24)26-11-12-7-9-13(25-4)10-8-12/h7-10,17-19H,11H2,1-6H3/t17-,18-,19+/m0/s1. The fourth-order valence-corrected chi connectivity index (χ4v) is 4.96. The topological polar surface area (TPSA) is 74.4 Å². The van der Waals surface area contributed by atoms with Gasteiger partial charge in [-0.3, -0.25) is 4.79 Å². The molecule has 1 saturated heterocycles. The third-order valence-corrected chi connectivity index (χ3v) is 11.4. The number of rotatable bonds is 6. The zero-order chi connectivity index (χ0) is 21.6. The van der Waals surface area contributed by atoms with Gasteiger partial charge in [0.15, 0.2) is 14.4 Å². The van der Waals surface area contributed by atoms with Crippen LogP contribution in [0.4, 0.5) is 0 Å². The van der Waals surface area contributed by atoms with Crippen LogP contribution in [0.3, 0.4) is 0 Å². The zero-order valence-corrected chi connectivity index (χ0v) is 20.7. The highest BCUT2D eigenvalue weighted by Gasteiger charge is 2.59. The van der Waals surface area contributed by atoms with Crippen LogP contribution in [-0.4, -0.2) is 45.5 Å². The molecule has 1 aliphatic carbocycles. The van der Waals surface area contributed by atoms with Gasteiger partial charge in [0.1, 0.15) is 24.6 Å². The van der Waals surface area contributed by atoms with Crippen molar-refractivity contribution in [2.45, 2.75) is 63.8 Å². The Kier molecular flexibility index (Phi) is 6.29. The minimum Gasteiger partial charge on any atom is -0.497 e. The lowest BCUT2D eigenvalue weighted by Gasteiger charge is -2.39. The minimum absolute atomic E-state index is 0.0393. The predicted molar refractivity (Wildman–Crippen MR) is 120 cm³/mol. The molecule has 2 aliphatic rings. The van der Waals surface area contributed by atoms with Gasteiger partial charge < -0.3 is 18.6 Å². The molecule has 0 spiro atoms. The van der Waals surface area contributed by atoms with Gasteiger partial charge in [-0.25, -0.2) is 4.79 Å². The Bertz CT molecular complexity index is 840. The first-order valence-electron chi connectivity index (χ1n) is 9.53. The lowest BCUT2D eigenvalue weighted by molar-refractivity contribution is -0.141. The third kappa shape index (κ3) is 4.60. The molecule has 0 amide bonds. The van der Waals surface area contributed by atoms with Crippen molar-refractivity contribution in [3.63, 3.8) is 0 Å². The summed E-state index contributed by atoms with van der Waals surface area (Å²) in [7, 11) is -0.598. The normalized spacial score (nSPS) is 24.2. The second kappa shape index (κ2) is 8.13. The molecule has 158 valence electrons. The Balaban J connectivity index is 1.80. The van der Waals surface area contributed by atoms with Crippen LogP contribution in [0.5, 0.6) is 5.75 Å². The van der Waals surface area contributed by atoms with Crippen molar-refractivity contribution in [2.75, 3.05) is 7.11 Å². The first-order chi connectivity index (χ1) is 13.5. The molecule has 0 N–H and O–H groups in total. The maximum absolute atomic E-state index is 13.0. The van der Waals surface area contributed by atoms with E-state index in [0.717, 1.165) is 11.3 Å². The van der Waals surface area contributed by atoms with Crippen molar-refractivity contribution in [2.24, 2.45) is 0 Å². The van der Waals surface area contributed by atoms with Crippen molar-refractivity contribution in [1.82, 2.24) is 0 Å². The maximum Gasteiger partial charge on any atom is 0.338 e. The van der Waals surface area contributed by atoms with Gasteiger partial charge in [0.25, 0.3) is 0 Å². The van der Waals surface area contributed by atoms with Crippen molar-refractivity contribution in [3.8, 4) is 5.75 Å². The van der Waals surface area contributed by atoms with Crippen LogP contribution in [0.25, 0.3) is 0 Å². The molecular formula is C21H27IO6Si. The number of esters is 1. The van der Waals surface area contributed by atoms with Gasteiger partial charge in [-0.2, -0.15) is 0 Å². The SMILES string of the molecule is COc1ccc(COC(=O)C2=C(I)C(=O)[C@@H]3O[C@@H]3[C@H]2O[Si](C)(C)C(C)(C)C)cc1. The maximum atomic E-state index is 13.0. The second-order valence-electron chi connectivity index (χ2n) is 8.84. The van der Waals surface area contributed by atoms with E-state index in [0.29, 0.717) is 3.58 Å². The summed E-state index contributed by atoms with van der Waals surface area (Å²) in [5.74, 6) is 0.0354. The summed E-state index contributed by atoms with van der Waals surface area (Å²) in [5, 5.41) is -0.0393. The van der Waals surface area contributed by atoms with Crippen LogP contribution in [0.1, 0.15) is 26.3 Å². The fourth-order valence-electron chi connectivity index (χ4n) is 2.89. The average Bonchev–Trinajstić information content (AvgIpc) is 3.44. The molecule has 0 radical (unpaired) electrons. The molecule has 3 rings (SSSR count). The number of halogens is 1. The molecule has 0 bridgehead atoms. The summed E-state index contributed by atoms with van der Waals surface area (Å²) in [6, 6.07) is 7.28. The van der Waals surface area contributed by atoms with E-state index in [1.165, 1.54) is 0 Å². The van der Waals surface area contributed by atoms with E-state index in [1.54, 1.807) is 7.11 Å². The molecule has 29 heavy (non-hydrogen) atoms. The van der Waals surface area contributed by atoms with Crippen LogP contribution >= 0.6 is 22.6 Å². The summed E-state index contributed by atoms with van der Waals surface area (Å²) >= 11 is 1.92. The summed E-state index contributed by atoms with van der Waals surface area (Å²) in [6.07, 6.45) is -1.48. The highest BCUT2D eigenvalue weighted by Crippen LogP contribution is 2.46. The molecule has 0 saturated carbocycles. The molecule has 1 fully saturated rings. The van der Waals surface area contributed by atoms with Crippen LogP contribution < -0.4 is 4.74 Å². The number of carbonyl (C=O) groups is 2. The molecule has 6 nitrogen and oxygen atoms in total. The number of methoxy groups -OCH3 is 1. The first-order valence-corrected chi connectivity index (χ1v) is 13.5. The number of carbonyl (C=O) groups excluding carboxylic acids is 2. The fraction of sp³-hybridized carbons (Fsp3) is 0.524. The lowest BCUT2D eigenvalue weighted by atomic mass is 9.96. The van der Waals surface area contributed by atoms with Gasteiger partial charge in [0.2, 0.25) is 5.78 Å². The predicted octanol–water partition coefficient (Wildman–Crippen LogP) is 4.17. The van der Waals surface area contributed by atoms with E-state index in [4.69, 9.17) is 18.6 Å². The van der Waals surface area contributed by atoms with Gasteiger partial charge in [-0.1, -0.05) is 32.9 Å². The molecule has 3 atom stereocenters. The summed E-state index contributed by atoms with van der Waals surface area (Å²) in [6.45, 7) is 10.7. The number of epoxide rings is 1. The molecule has 8 heteroatoms. The highest BCUT2D eigenvalue weighted by atomic mass is 127. The lowest BCUT2D eigenvalue weighted by Crippen LogP contribution is -2.48. The van der Waals surface area contributed by atoms with E-state index in [9.17, 15) is 9.59 Å². The van der Waals surface area contributed by atoms with Crippen molar-refractivity contribution in [3.05, 3.63) is 39.0 Å². The third-order valence-electron chi connectivity index (χ3n) is 5.80. The molecule has 1 heterocycles. The monoisotopic (exact) mass is 530 g/mol. The Hall–Kier alpha value is -1.23. The molecule has 0 aromatic heterocycles. The van der Waals surface area contributed by atoms with Crippen molar-refractivity contribution >= 4 is 42.7 Å². The minimum atomic E-state index is -2.19. The summed E-state index contributed by atoms with van der Waals surface area (Å²) in [4.78, 5) is 25.5. The van der Waals surface area contributed by atoms with Crippen LogP contribution in [0, 0.1) is 0 Å². The number of ether oxygens (including phenoxy) is 3. The zero-order valence-electron chi connectivity index (χ0n) is 17.6. The Labute approximate surface area is 186 Å². The second-order valence-corrected chi connectivity index (χ2v) is 14.7. The largest absolute Gasteiger partial charge is 0.497 e. The average molecular weight is 530 g/mol. The Morgan fingerprint density at radius 3 is 2.38 bits per heavy atom. The van der Waals surface area contributed by atoms with Gasteiger partial charge in [-0.05, 0) is 58.4 Å². The quantitative estimate of drug-likeness (QED) is 0.238. The van der Waals surface area contributed by atoms with Crippen molar-refractivity contribution in [1.29, 1.82) is 0 Å². The molecule has 1 aliphatic heterocycles. The van der Waals surface area contributed by atoms with Gasteiger partial charge >= 0.3 is 5.97 Å². The van der Waals surface area contributed by atoms with E-state index < -0.39 is 32.6 Å². The number of benzene rings is 1. The summed E-state index contributed by atoms with van der Waals surface area (Å²) in [5.41, 5.74) is 1.12.